The van der Waals surface area contributed by atoms with Crippen molar-refractivity contribution >= 4 is 11.8 Å². The minimum absolute atomic E-state index is 0.0803. The summed E-state index contributed by atoms with van der Waals surface area (Å²) in [4.78, 5) is 2.59. The fraction of sp³-hybridized carbons (Fsp3) is 0.379. The fourth-order valence-electron chi connectivity index (χ4n) is 5.03. The Hall–Kier alpha value is -2.19. The van der Waals surface area contributed by atoms with Crippen LogP contribution in [0.15, 0.2) is 100 Å². The van der Waals surface area contributed by atoms with Gasteiger partial charge in [0.2, 0.25) is 0 Å². The molecule has 1 aromatic carbocycles. The Morgan fingerprint density at radius 3 is 2.00 bits per heavy atom. The Morgan fingerprint density at radius 2 is 1.39 bits per heavy atom. The van der Waals surface area contributed by atoms with Gasteiger partial charge in [-0.15, -0.1) is 0 Å². The summed E-state index contributed by atoms with van der Waals surface area (Å²) in [6.45, 7) is 14.0. The molecule has 0 radical (unpaired) electrons. The molecule has 162 valence electrons. The summed E-state index contributed by atoms with van der Waals surface area (Å²) in [6.07, 6.45) is 19.8. The summed E-state index contributed by atoms with van der Waals surface area (Å²) in [5.74, 6) is 0.371. The maximum atomic E-state index is 3.72. The van der Waals surface area contributed by atoms with E-state index < -0.39 is 0 Å². The maximum absolute atomic E-state index is 3.72. The molecule has 1 heterocycles. The Balaban J connectivity index is 1.66. The highest BCUT2D eigenvalue weighted by Crippen LogP contribution is 2.51. The summed E-state index contributed by atoms with van der Waals surface area (Å²) in [5.41, 5.74) is 3.96. The van der Waals surface area contributed by atoms with Gasteiger partial charge in [0, 0.05) is 26.6 Å². The molecule has 0 aromatic heterocycles. The molecule has 0 amide bonds. The summed E-state index contributed by atoms with van der Waals surface area (Å²) in [6, 6.07) is 11.0. The molecule has 3 aliphatic rings. The number of benzene rings is 1. The van der Waals surface area contributed by atoms with Crippen molar-refractivity contribution in [3.8, 4) is 0 Å². The van der Waals surface area contributed by atoms with E-state index in [-0.39, 0.29) is 16.2 Å². The third kappa shape index (κ3) is 4.41. The van der Waals surface area contributed by atoms with Gasteiger partial charge in [0.15, 0.2) is 0 Å². The molecule has 4 rings (SSSR count). The van der Waals surface area contributed by atoms with Crippen LogP contribution in [0.4, 0.5) is 0 Å². The van der Waals surface area contributed by atoms with Crippen LogP contribution >= 0.6 is 11.8 Å². The van der Waals surface area contributed by atoms with Crippen molar-refractivity contribution < 1.29 is 0 Å². The zero-order chi connectivity index (χ0) is 22.3. The highest BCUT2D eigenvalue weighted by atomic mass is 32.2. The predicted octanol–water partition coefficient (Wildman–Crippen LogP) is 8.25. The van der Waals surface area contributed by atoms with Gasteiger partial charge in [0.05, 0.1) is 11.4 Å². The largest absolute Gasteiger partial charge is 0.354 e. The lowest BCUT2D eigenvalue weighted by atomic mass is 9.62. The standard InChI is InChI=1S/C29H35NS/c1-7-28(5)17-13-22-24(15-18-28)31-25-16-20-29(6,19-14-23(25)30-22)26(27(2,3)4)21-11-9-8-10-12-21/h8-20,26,30H,7H2,1-6H3. The third-order valence-electron chi connectivity index (χ3n) is 6.85. The third-order valence-corrected chi connectivity index (χ3v) is 8.00. The highest BCUT2D eigenvalue weighted by molar-refractivity contribution is 8.07. The van der Waals surface area contributed by atoms with Crippen LogP contribution in [-0.4, -0.2) is 0 Å². The second kappa shape index (κ2) is 8.06. The smallest absolute Gasteiger partial charge is 0.0523 e. The van der Waals surface area contributed by atoms with Crippen LogP contribution in [0.25, 0.3) is 0 Å². The molecule has 0 saturated heterocycles. The van der Waals surface area contributed by atoms with Gasteiger partial charge in [-0.3, -0.25) is 0 Å². The first-order valence-electron chi connectivity index (χ1n) is 11.4. The first-order valence-corrected chi connectivity index (χ1v) is 12.2. The SMILES string of the molecule is CCC1(C)C=CC2=C(C=C1)SC1=C(C=CC(C)(C(c3ccccc3)C(C)(C)C)C=C1)N2. The molecular weight excluding hydrogens is 394 g/mol. The molecule has 1 N–H and O–H groups in total. The zero-order valence-corrected chi connectivity index (χ0v) is 20.5. The van der Waals surface area contributed by atoms with E-state index in [0.717, 1.165) is 6.42 Å². The molecule has 0 spiro atoms. The quantitative estimate of drug-likeness (QED) is 0.519. The van der Waals surface area contributed by atoms with Crippen molar-refractivity contribution in [3.05, 3.63) is 106 Å². The van der Waals surface area contributed by atoms with Crippen molar-refractivity contribution in [2.24, 2.45) is 16.2 Å². The maximum Gasteiger partial charge on any atom is 0.0523 e. The molecule has 31 heavy (non-hydrogen) atoms. The van der Waals surface area contributed by atoms with Crippen LogP contribution < -0.4 is 5.32 Å². The lowest BCUT2D eigenvalue weighted by molar-refractivity contribution is 0.225. The van der Waals surface area contributed by atoms with Crippen LogP contribution in [0.2, 0.25) is 0 Å². The van der Waals surface area contributed by atoms with Gasteiger partial charge in [-0.25, -0.2) is 0 Å². The molecule has 1 aliphatic heterocycles. The van der Waals surface area contributed by atoms with Crippen LogP contribution in [0.1, 0.15) is 59.4 Å². The minimum Gasteiger partial charge on any atom is -0.354 e. The van der Waals surface area contributed by atoms with Gasteiger partial charge in [-0.05, 0) is 41.7 Å². The molecule has 3 unspecified atom stereocenters. The first kappa shape index (κ1) is 22.0. The van der Waals surface area contributed by atoms with E-state index >= 15 is 0 Å². The summed E-state index contributed by atoms with van der Waals surface area (Å²) in [5, 5.41) is 3.72. The Kier molecular flexibility index (Phi) is 5.72. The Morgan fingerprint density at radius 1 is 0.839 bits per heavy atom. The Bertz CT molecular complexity index is 978. The minimum atomic E-state index is -0.0803. The molecular formula is C29H35NS. The molecule has 0 fully saturated rings. The van der Waals surface area contributed by atoms with Crippen LogP contribution in [-0.2, 0) is 0 Å². The second-order valence-corrected chi connectivity index (χ2v) is 11.6. The predicted molar refractivity (Wildman–Crippen MR) is 136 cm³/mol. The number of rotatable bonds is 3. The summed E-state index contributed by atoms with van der Waals surface area (Å²) >= 11 is 1.87. The number of allylic oxidation sites excluding steroid dienone is 8. The number of nitrogens with one attached hydrogen (secondary N) is 1. The van der Waals surface area contributed by atoms with Gasteiger partial charge >= 0.3 is 0 Å². The molecule has 2 aliphatic carbocycles. The van der Waals surface area contributed by atoms with Crippen molar-refractivity contribution in [1.29, 1.82) is 0 Å². The molecule has 0 bridgehead atoms. The topological polar surface area (TPSA) is 12.0 Å². The molecule has 1 nitrogen and oxygen atoms in total. The first-order chi connectivity index (χ1) is 14.6. The monoisotopic (exact) mass is 429 g/mol. The van der Waals surface area contributed by atoms with Crippen molar-refractivity contribution in [2.45, 2.75) is 53.9 Å². The second-order valence-electron chi connectivity index (χ2n) is 10.6. The van der Waals surface area contributed by atoms with Gasteiger partial charge < -0.3 is 5.32 Å². The van der Waals surface area contributed by atoms with Crippen LogP contribution in [0, 0.1) is 16.2 Å². The fourth-order valence-corrected chi connectivity index (χ4v) is 5.99. The average Bonchev–Trinajstić information content (AvgIpc) is 3.00. The molecule has 2 heteroatoms. The normalized spacial score (nSPS) is 28.6. The van der Waals surface area contributed by atoms with Crippen LogP contribution in [0.3, 0.4) is 0 Å². The van der Waals surface area contributed by atoms with Crippen molar-refractivity contribution in [3.63, 3.8) is 0 Å². The van der Waals surface area contributed by atoms with Gasteiger partial charge in [-0.1, -0.05) is 108 Å². The van der Waals surface area contributed by atoms with Gasteiger partial charge in [0.25, 0.3) is 0 Å². The lowest BCUT2D eigenvalue weighted by Gasteiger charge is -2.42. The average molecular weight is 430 g/mol. The highest BCUT2D eigenvalue weighted by Gasteiger charge is 2.40. The van der Waals surface area contributed by atoms with Gasteiger partial charge in [-0.2, -0.15) is 0 Å². The van der Waals surface area contributed by atoms with Crippen LogP contribution in [0.5, 0.6) is 0 Å². The number of hydrogen-bond donors (Lipinski definition) is 1. The van der Waals surface area contributed by atoms with E-state index in [4.69, 9.17) is 0 Å². The molecule has 3 atom stereocenters. The number of hydrogen-bond acceptors (Lipinski definition) is 2. The summed E-state index contributed by atoms with van der Waals surface area (Å²) < 4.78 is 0. The van der Waals surface area contributed by atoms with E-state index in [0.29, 0.717) is 5.92 Å². The van der Waals surface area contributed by atoms with Gasteiger partial charge in [0.1, 0.15) is 0 Å². The van der Waals surface area contributed by atoms with Crippen molar-refractivity contribution in [2.75, 3.05) is 0 Å². The summed E-state index contributed by atoms with van der Waals surface area (Å²) in [7, 11) is 0. The van der Waals surface area contributed by atoms with E-state index in [1.165, 1.54) is 26.8 Å². The van der Waals surface area contributed by atoms with E-state index in [9.17, 15) is 0 Å². The molecule has 0 saturated carbocycles. The van der Waals surface area contributed by atoms with E-state index in [1.54, 1.807) is 0 Å². The number of thioether (sulfide) groups is 1. The zero-order valence-electron chi connectivity index (χ0n) is 19.7. The lowest BCUT2D eigenvalue weighted by Crippen LogP contribution is -2.32. The molecule has 1 aromatic rings. The Labute approximate surface area is 192 Å². The van der Waals surface area contributed by atoms with E-state index in [2.05, 4.69) is 126 Å². The van der Waals surface area contributed by atoms with E-state index in [1.807, 2.05) is 11.8 Å². The van der Waals surface area contributed by atoms with Crippen molar-refractivity contribution in [1.82, 2.24) is 5.32 Å².